The molecule has 2 N–H and O–H groups in total. The molecule has 0 spiro atoms. The van der Waals surface area contributed by atoms with Gasteiger partial charge >= 0.3 is 11.0 Å². The minimum atomic E-state index is -1.38. The SMILES string of the molecule is Cc1ccc(-c2csc([N+](=O)Cc3cccc4cc[nH]c34)c2C(=O)O)c(F)c1F. The van der Waals surface area contributed by atoms with Gasteiger partial charge in [-0.1, -0.05) is 41.7 Å². The van der Waals surface area contributed by atoms with Crippen molar-refractivity contribution in [3.63, 3.8) is 0 Å². The zero-order valence-electron chi connectivity index (χ0n) is 15.2. The Labute approximate surface area is 167 Å². The number of thiophene rings is 1. The van der Waals surface area contributed by atoms with Crippen molar-refractivity contribution in [2.75, 3.05) is 0 Å². The van der Waals surface area contributed by atoms with Gasteiger partial charge in [-0.25, -0.2) is 13.6 Å². The fraction of sp³-hybridized carbons (Fsp3) is 0.0952. The van der Waals surface area contributed by atoms with Crippen LogP contribution in [-0.2, 0) is 6.54 Å². The number of H-pyrrole nitrogens is 1. The number of rotatable bonds is 5. The normalized spacial score (nSPS) is 11.1. The van der Waals surface area contributed by atoms with Crippen molar-refractivity contribution in [3.8, 4) is 11.1 Å². The Morgan fingerprint density at radius 3 is 2.69 bits per heavy atom. The van der Waals surface area contributed by atoms with Crippen molar-refractivity contribution >= 4 is 33.2 Å². The van der Waals surface area contributed by atoms with E-state index in [4.69, 9.17) is 0 Å². The second-order valence-corrected chi connectivity index (χ2v) is 7.45. The maximum Gasteiger partial charge on any atom is 0.344 e. The van der Waals surface area contributed by atoms with Crippen molar-refractivity contribution in [2.45, 2.75) is 13.5 Å². The number of nitrogens with zero attached hydrogens (tertiary/aromatic N) is 1. The number of hydrogen-bond acceptors (Lipinski definition) is 3. The minimum absolute atomic E-state index is 0.0205. The van der Waals surface area contributed by atoms with E-state index in [9.17, 15) is 23.6 Å². The van der Waals surface area contributed by atoms with Gasteiger partial charge in [0.05, 0.1) is 10.3 Å². The molecule has 0 bridgehead atoms. The molecule has 2 aromatic heterocycles. The molecule has 0 aliphatic heterocycles. The van der Waals surface area contributed by atoms with Crippen LogP contribution in [0.25, 0.3) is 22.0 Å². The van der Waals surface area contributed by atoms with E-state index in [1.807, 2.05) is 18.2 Å². The number of fused-ring (bicyclic) bond motifs is 1. The molecular weight excluding hydrogens is 398 g/mol. The van der Waals surface area contributed by atoms with Crippen molar-refractivity contribution in [3.05, 3.63) is 81.2 Å². The van der Waals surface area contributed by atoms with Crippen molar-refractivity contribution in [1.29, 1.82) is 0 Å². The largest absolute Gasteiger partial charge is 0.477 e. The number of aryl methyl sites for hydroxylation is 1. The molecule has 2 heterocycles. The molecule has 146 valence electrons. The highest BCUT2D eigenvalue weighted by Gasteiger charge is 2.32. The third-order valence-corrected chi connectivity index (χ3v) is 5.75. The van der Waals surface area contributed by atoms with Gasteiger partial charge in [0.25, 0.3) is 0 Å². The molecule has 29 heavy (non-hydrogen) atoms. The first kappa shape index (κ1) is 18.9. The Kier molecular flexibility index (Phi) is 4.71. The summed E-state index contributed by atoms with van der Waals surface area (Å²) in [5, 5.41) is 11.9. The van der Waals surface area contributed by atoms with Gasteiger partial charge in [-0.05, 0) is 23.9 Å². The lowest BCUT2D eigenvalue weighted by atomic mass is 10.0. The summed E-state index contributed by atoms with van der Waals surface area (Å²) in [5.74, 6) is -3.55. The molecule has 0 atom stereocenters. The fourth-order valence-corrected chi connectivity index (χ4v) is 4.27. The van der Waals surface area contributed by atoms with E-state index in [-0.39, 0.29) is 33.8 Å². The lowest BCUT2D eigenvalue weighted by Crippen LogP contribution is -2.07. The first-order chi connectivity index (χ1) is 13.9. The van der Waals surface area contributed by atoms with Crippen LogP contribution in [0.4, 0.5) is 13.8 Å². The van der Waals surface area contributed by atoms with Gasteiger partial charge in [-0.15, -0.1) is 0 Å². The lowest BCUT2D eigenvalue weighted by Gasteiger charge is -2.05. The van der Waals surface area contributed by atoms with Gasteiger partial charge in [-0.2, -0.15) is 0 Å². The Balaban J connectivity index is 1.78. The summed E-state index contributed by atoms with van der Waals surface area (Å²) in [6.45, 7) is 1.32. The molecule has 0 radical (unpaired) electrons. The molecule has 8 heteroatoms. The number of aromatic nitrogens is 1. The van der Waals surface area contributed by atoms with E-state index in [0.29, 0.717) is 10.3 Å². The van der Waals surface area contributed by atoms with E-state index >= 15 is 0 Å². The van der Waals surface area contributed by atoms with Crippen LogP contribution in [-0.4, -0.2) is 20.8 Å². The smallest absolute Gasteiger partial charge is 0.344 e. The molecule has 0 saturated carbocycles. The minimum Gasteiger partial charge on any atom is -0.477 e. The van der Waals surface area contributed by atoms with Gasteiger partial charge in [0, 0.05) is 33.2 Å². The van der Waals surface area contributed by atoms with Crippen molar-refractivity contribution < 1.29 is 23.4 Å². The second kappa shape index (κ2) is 7.21. The van der Waals surface area contributed by atoms with Crippen LogP contribution in [0.15, 0.2) is 48.0 Å². The molecular formula is C21H15F2N2O3S+. The predicted molar refractivity (Wildman–Crippen MR) is 107 cm³/mol. The van der Waals surface area contributed by atoms with Crippen LogP contribution in [0.1, 0.15) is 21.5 Å². The fourth-order valence-electron chi connectivity index (χ4n) is 3.30. The van der Waals surface area contributed by atoms with Gasteiger partial charge in [0.15, 0.2) is 17.2 Å². The zero-order valence-corrected chi connectivity index (χ0v) is 16.0. The van der Waals surface area contributed by atoms with Gasteiger partial charge in [0.1, 0.15) is 0 Å². The average molecular weight is 413 g/mol. The molecule has 2 aromatic carbocycles. The lowest BCUT2D eigenvalue weighted by molar-refractivity contribution is -0.476. The highest BCUT2D eigenvalue weighted by molar-refractivity contribution is 7.14. The van der Waals surface area contributed by atoms with E-state index in [1.54, 1.807) is 12.3 Å². The summed E-state index contributed by atoms with van der Waals surface area (Å²) in [4.78, 5) is 27.8. The molecule has 4 aromatic rings. The number of para-hydroxylation sites is 1. The van der Waals surface area contributed by atoms with Crippen LogP contribution < -0.4 is 0 Å². The number of benzene rings is 2. The van der Waals surface area contributed by atoms with Crippen LogP contribution >= 0.6 is 11.3 Å². The first-order valence-corrected chi connectivity index (χ1v) is 9.56. The number of nitrogens with one attached hydrogen (secondary N) is 1. The molecule has 0 unspecified atom stereocenters. The maximum atomic E-state index is 14.4. The number of aromatic amines is 1. The monoisotopic (exact) mass is 413 g/mol. The van der Waals surface area contributed by atoms with Crippen molar-refractivity contribution in [1.82, 2.24) is 4.98 Å². The molecule has 0 aliphatic carbocycles. The van der Waals surface area contributed by atoms with E-state index < -0.39 is 17.6 Å². The summed E-state index contributed by atoms with van der Waals surface area (Å²) >= 11 is 0.886. The van der Waals surface area contributed by atoms with Crippen LogP contribution in [0.2, 0.25) is 0 Å². The van der Waals surface area contributed by atoms with E-state index in [2.05, 4.69) is 4.98 Å². The number of aromatic carboxylic acids is 1. The quantitative estimate of drug-likeness (QED) is 0.407. The maximum absolute atomic E-state index is 14.4. The summed E-state index contributed by atoms with van der Waals surface area (Å²) in [6.07, 6.45) is 1.75. The summed E-state index contributed by atoms with van der Waals surface area (Å²) in [5.41, 5.74) is 1.05. The standard InChI is InChI=1S/C21H14F2N2O3S/c1-11-5-6-14(18(23)17(11)22)15-10-29-20(16(15)21(26)27)25(28)9-13-4-2-3-12-7-8-24-19(12)13/h2-8,10,24H,9H2,1H3/p+1. The zero-order chi connectivity index (χ0) is 20.7. The summed E-state index contributed by atoms with van der Waals surface area (Å²) in [7, 11) is 0. The summed E-state index contributed by atoms with van der Waals surface area (Å²) < 4.78 is 29.0. The number of hydrogen-bond donors (Lipinski definition) is 2. The molecule has 5 nitrogen and oxygen atoms in total. The van der Waals surface area contributed by atoms with Gasteiger partial charge in [0.2, 0.25) is 6.54 Å². The number of carboxylic acid groups (broad SMARTS) is 1. The Hall–Kier alpha value is -3.39. The van der Waals surface area contributed by atoms with Crippen LogP contribution in [0, 0.1) is 23.5 Å². The number of halogens is 2. The van der Waals surface area contributed by atoms with Gasteiger partial charge < -0.3 is 10.1 Å². The average Bonchev–Trinajstić information content (AvgIpc) is 3.34. The van der Waals surface area contributed by atoms with E-state index in [1.165, 1.54) is 24.4 Å². The Morgan fingerprint density at radius 2 is 1.93 bits per heavy atom. The molecule has 0 amide bonds. The highest BCUT2D eigenvalue weighted by atomic mass is 32.1. The molecule has 0 saturated heterocycles. The topological polar surface area (TPSA) is 73.2 Å². The highest BCUT2D eigenvalue weighted by Crippen LogP contribution is 2.39. The van der Waals surface area contributed by atoms with Crippen LogP contribution in [0.3, 0.4) is 0 Å². The Morgan fingerprint density at radius 1 is 1.14 bits per heavy atom. The van der Waals surface area contributed by atoms with Crippen molar-refractivity contribution in [2.24, 2.45) is 0 Å². The van der Waals surface area contributed by atoms with Crippen LogP contribution in [0.5, 0.6) is 0 Å². The summed E-state index contributed by atoms with van der Waals surface area (Å²) in [6, 6.07) is 10.0. The van der Waals surface area contributed by atoms with E-state index in [0.717, 1.165) is 22.2 Å². The molecule has 0 fully saturated rings. The number of carboxylic acids is 1. The Bertz CT molecular complexity index is 1280. The number of carbonyl (C=O) groups is 1. The van der Waals surface area contributed by atoms with Gasteiger partial charge in [-0.3, -0.25) is 0 Å². The predicted octanol–water partition coefficient (Wildman–Crippen LogP) is 5.79. The second-order valence-electron chi connectivity index (χ2n) is 6.59. The third-order valence-electron chi connectivity index (χ3n) is 4.77. The first-order valence-electron chi connectivity index (χ1n) is 8.68. The third kappa shape index (κ3) is 3.21. The molecule has 4 rings (SSSR count). The number of nitroso groups, excluding NO2 is 1. The molecule has 0 aliphatic rings.